The highest BCUT2D eigenvalue weighted by Gasteiger charge is 2.44. The number of alkyl halides is 1. The van der Waals surface area contributed by atoms with E-state index in [9.17, 15) is 9.90 Å². The van der Waals surface area contributed by atoms with Crippen LogP contribution in [-0.2, 0) is 32.5 Å². The largest absolute Gasteiger partial charge is 0.385 e. The Balaban J connectivity index is 1.74. The third kappa shape index (κ3) is 6.94. The van der Waals surface area contributed by atoms with Gasteiger partial charge in [0.1, 0.15) is 11.7 Å². The summed E-state index contributed by atoms with van der Waals surface area (Å²) in [4.78, 5) is 15.3. The number of aliphatic hydroxyl groups is 1. The number of benzene rings is 3. The van der Waals surface area contributed by atoms with Gasteiger partial charge in [0.25, 0.3) is 5.91 Å². The van der Waals surface area contributed by atoms with Gasteiger partial charge >= 0.3 is 0 Å². The van der Waals surface area contributed by atoms with E-state index in [1.54, 1.807) is 7.11 Å². The second-order valence-corrected chi connectivity index (χ2v) is 11.2. The molecular weight excluding hydrogens is 615 g/mol. The third-order valence-corrected chi connectivity index (χ3v) is 8.69. The van der Waals surface area contributed by atoms with Crippen molar-refractivity contribution in [3.8, 4) is 11.1 Å². The van der Waals surface area contributed by atoms with Gasteiger partial charge in [-0.1, -0.05) is 84.1 Å². The van der Waals surface area contributed by atoms with Crippen molar-refractivity contribution < 1.29 is 19.4 Å². The molecule has 1 heterocycles. The topological polar surface area (TPSA) is 85.0 Å². The van der Waals surface area contributed by atoms with Crippen LogP contribution in [0.3, 0.4) is 0 Å². The first-order valence-electron chi connectivity index (χ1n) is 14.1. The lowest BCUT2D eigenvalue weighted by Gasteiger charge is -2.43. The highest BCUT2D eigenvalue weighted by molar-refractivity contribution is 14.1. The van der Waals surface area contributed by atoms with Gasteiger partial charge in [0.05, 0.1) is 13.2 Å². The van der Waals surface area contributed by atoms with Crippen molar-refractivity contribution in [2.45, 2.75) is 55.3 Å². The van der Waals surface area contributed by atoms with E-state index < -0.39 is 11.7 Å². The summed E-state index contributed by atoms with van der Waals surface area (Å²) in [5, 5.41) is 12.7. The van der Waals surface area contributed by atoms with Crippen LogP contribution in [0.1, 0.15) is 58.8 Å². The summed E-state index contributed by atoms with van der Waals surface area (Å²) in [5.41, 5.74) is 11.5. The number of ether oxygens (including phenoxy) is 2. The molecule has 1 saturated heterocycles. The molecule has 0 spiro atoms. The SMILES string of the molecule is CCc1cccc(-c2c(CI)cccc2[C@](O)(CCCCOC)[C@H]2CN(C(=O)c3ccc(CN)cc3)CCO2)c1. The summed E-state index contributed by atoms with van der Waals surface area (Å²) >= 11 is 2.40. The predicted molar refractivity (Wildman–Crippen MR) is 169 cm³/mol. The van der Waals surface area contributed by atoms with Crippen molar-refractivity contribution in [2.75, 3.05) is 33.4 Å². The number of unbranched alkanes of at least 4 members (excludes halogenated alkanes) is 1. The Labute approximate surface area is 252 Å². The van der Waals surface area contributed by atoms with Crippen LogP contribution in [0, 0.1) is 0 Å². The number of rotatable bonds is 12. The van der Waals surface area contributed by atoms with Crippen LogP contribution in [0.2, 0.25) is 0 Å². The van der Waals surface area contributed by atoms with Crippen LogP contribution in [-0.4, -0.2) is 55.4 Å². The first kappa shape index (κ1) is 30.7. The smallest absolute Gasteiger partial charge is 0.254 e. The number of nitrogens with two attached hydrogens (primary N) is 1. The summed E-state index contributed by atoms with van der Waals surface area (Å²) in [5.74, 6) is -0.0597. The van der Waals surface area contributed by atoms with E-state index in [2.05, 4.69) is 59.8 Å². The van der Waals surface area contributed by atoms with E-state index >= 15 is 0 Å². The molecule has 3 aromatic rings. The summed E-state index contributed by atoms with van der Waals surface area (Å²) in [6.45, 7) is 4.37. The monoisotopic (exact) mass is 656 g/mol. The van der Waals surface area contributed by atoms with Gasteiger partial charge in [0.15, 0.2) is 0 Å². The average molecular weight is 657 g/mol. The van der Waals surface area contributed by atoms with Crippen molar-refractivity contribution in [2.24, 2.45) is 5.73 Å². The van der Waals surface area contributed by atoms with Crippen LogP contribution in [0.25, 0.3) is 11.1 Å². The molecule has 2 atom stereocenters. The fourth-order valence-corrected chi connectivity index (χ4v) is 6.19. The van der Waals surface area contributed by atoms with Crippen molar-refractivity contribution in [1.82, 2.24) is 4.90 Å². The number of morpholine rings is 1. The molecular formula is C33H41IN2O4. The number of methoxy groups -OCH3 is 1. The lowest BCUT2D eigenvalue weighted by molar-refractivity contribution is -0.146. The molecule has 3 N–H and O–H groups in total. The standard InChI is InChI=1S/C33H41IN2O4/c1-3-24-8-6-9-27(20-24)31-28(21-34)10-7-11-29(31)33(38,16-4-5-18-39-2)30-23-36(17-19-40-30)32(37)26-14-12-25(22-35)13-15-26/h6-15,20,30,38H,3-5,16-19,21-23,35H2,1-2H3/t30-,33-/m1/s1. The molecule has 0 bridgehead atoms. The van der Waals surface area contributed by atoms with Gasteiger partial charge in [-0.25, -0.2) is 0 Å². The second-order valence-electron chi connectivity index (χ2n) is 10.4. The van der Waals surface area contributed by atoms with Crippen LogP contribution >= 0.6 is 22.6 Å². The predicted octanol–water partition coefficient (Wildman–Crippen LogP) is 5.86. The van der Waals surface area contributed by atoms with Crippen molar-refractivity contribution >= 4 is 28.5 Å². The molecule has 214 valence electrons. The second kappa shape index (κ2) is 14.5. The van der Waals surface area contributed by atoms with Crippen LogP contribution in [0.4, 0.5) is 0 Å². The number of carbonyl (C=O) groups excluding carboxylic acids is 1. The summed E-state index contributed by atoms with van der Waals surface area (Å²) < 4.78 is 12.4. The summed E-state index contributed by atoms with van der Waals surface area (Å²) in [6.07, 6.45) is 2.45. The molecule has 1 amide bonds. The zero-order valence-electron chi connectivity index (χ0n) is 23.6. The minimum atomic E-state index is -1.30. The van der Waals surface area contributed by atoms with Gasteiger partial charge in [-0.15, -0.1) is 0 Å². The van der Waals surface area contributed by atoms with Gasteiger partial charge < -0.3 is 25.2 Å². The molecule has 0 aliphatic carbocycles. The maximum Gasteiger partial charge on any atom is 0.254 e. The van der Waals surface area contributed by atoms with E-state index in [1.807, 2.05) is 41.3 Å². The van der Waals surface area contributed by atoms with Gasteiger partial charge in [-0.05, 0) is 71.2 Å². The molecule has 1 fully saturated rings. The minimum Gasteiger partial charge on any atom is -0.385 e. The number of amides is 1. The third-order valence-electron chi connectivity index (χ3n) is 7.86. The quantitative estimate of drug-likeness (QED) is 0.145. The molecule has 3 aromatic carbocycles. The molecule has 0 unspecified atom stereocenters. The fraction of sp³-hybridized carbons (Fsp3) is 0.424. The Hall–Kier alpha value is -2.30. The number of aryl methyl sites for hydroxylation is 1. The highest BCUT2D eigenvalue weighted by atomic mass is 127. The number of hydrogen-bond acceptors (Lipinski definition) is 5. The van der Waals surface area contributed by atoms with Crippen LogP contribution in [0.15, 0.2) is 66.7 Å². The van der Waals surface area contributed by atoms with E-state index in [0.717, 1.165) is 45.9 Å². The lowest BCUT2D eigenvalue weighted by Crippen LogP contribution is -2.54. The molecule has 1 aliphatic heterocycles. The van der Waals surface area contributed by atoms with Crippen LogP contribution in [0.5, 0.6) is 0 Å². The van der Waals surface area contributed by atoms with Gasteiger partial charge in [-0.2, -0.15) is 0 Å². The van der Waals surface area contributed by atoms with Crippen molar-refractivity contribution in [3.63, 3.8) is 0 Å². The molecule has 0 saturated carbocycles. The highest BCUT2D eigenvalue weighted by Crippen LogP contribution is 2.42. The zero-order chi connectivity index (χ0) is 28.5. The molecule has 1 aliphatic rings. The Kier molecular flexibility index (Phi) is 11.1. The normalized spacial score (nSPS) is 17.0. The molecule has 40 heavy (non-hydrogen) atoms. The van der Waals surface area contributed by atoms with Gasteiger partial charge in [0, 0.05) is 36.8 Å². The Morgan fingerprint density at radius 3 is 2.60 bits per heavy atom. The van der Waals surface area contributed by atoms with Crippen LogP contribution < -0.4 is 5.73 Å². The maximum atomic E-state index is 13.5. The lowest BCUT2D eigenvalue weighted by atomic mass is 9.77. The average Bonchev–Trinajstić information content (AvgIpc) is 3.02. The molecule has 6 nitrogen and oxygen atoms in total. The van der Waals surface area contributed by atoms with E-state index in [0.29, 0.717) is 44.8 Å². The minimum absolute atomic E-state index is 0.0597. The fourth-order valence-electron chi connectivity index (χ4n) is 5.56. The van der Waals surface area contributed by atoms with Gasteiger partial charge in [-0.3, -0.25) is 4.79 Å². The first-order chi connectivity index (χ1) is 19.4. The number of carbonyl (C=O) groups is 1. The number of nitrogens with zero attached hydrogens (tertiary/aromatic N) is 1. The van der Waals surface area contributed by atoms with Crippen molar-refractivity contribution in [3.05, 3.63) is 94.5 Å². The summed E-state index contributed by atoms with van der Waals surface area (Å²) in [7, 11) is 1.70. The Bertz CT molecular complexity index is 1270. The molecule has 4 rings (SSSR count). The Morgan fingerprint density at radius 2 is 1.90 bits per heavy atom. The van der Waals surface area contributed by atoms with E-state index in [4.69, 9.17) is 15.2 Å². The maximum absolute atomic E-state index is 13.5. The first-order valence-corrected chi connectivity index (χ1v) is 15.7. The number of hydrogen-bond donors (Lipinski definition) is 2. The molecule has 7 heteroatoms. The molecule has 0 aromatic heterocycles. The van der Waals surface area contributed by atoms with Crippen molar-refractivity contribution in [1.29, 1.82) is 0 Å². The summed E-state index contributed by atoms with van der Waals surface area (Å²) in [6, 6.07) is 22.2. The zero-order valence-corrected chi connectivity index (χ0v) is 25.7. The van der Waals surface area contributed by atoms with Gasteiger partial charge in [0.2, 0.25) is 0 Å². The van der Waals surface area contributed by atoms with E-state index in [1.165, 1.54) is 11.1 Å². The number of halogens is 1. The Morgan fingerprint density at radius 1 is 1.12 bits per heavy atom. The van der Waals surface area contributed by atoms with E-state index in [-0.39, 0.29) is 5.91 Å². The molecule has 0 radical (unpaired) electrons.